The van der Waals surface area contributed by atoms with Crippen molar-refractivity contribution in [3.05, 3.63) is 65.4 Å². The molecule has 4 rings (SSSR count). The highest BCUT2D eigenvalue weighted by Gasteiger charge is 2.22. The van der Waals surface area contributed by atoms with Gasteiger partial charge in [0.25, 0.3) is 11.6 Å². The fraction of sp³-hybridized carbons (Fsp3) is 0.238. The Morgan fingerprint density at radius 2 is 2.04 bits per heavy atom. The number of amides is 1. The lowest BCUT2D eigenvalue weighted by atomic mass is 10.1. The standard InChI is InChI=1S/C21H21N5O2/c1-4-16(19-22-11-17(24-19)14-8-6-5-7-9-14)25-20(27)15-10-12(2)23-21-18(15)13(3)26-28-21/h5-11,16H,4H2,1-3H3,(H,22,24)(H,25,27). The minimum Gasteiger partial charge on any atom is -0.342 e. The minimum absolute atomic E-state index is 0.202. The van der Waals surface area contributed by atoms with Crippen LogP contribution in [0.4, 0.5) is 0 Å². The Hall–Kier alpha value is -3.48. The van der Waals surface area contributed by atoms with Crippen molar-refractivity contribution in [3.63, 3.8) is 0 Å². The van der Waals surface area contributed by atoms with Crippen molar-refractivity contribution in [2.45, 2.75) is 33.2 Å². The predicted octanol–water partition coefficient (Wildman–Crippen LogP) is 4.11. The molecule has 0 fully saturated rings. The van der Waals surface area contributed by atoms with Crippen molar-refractivity contribution in [1.82, 2.24) is 25.4 Å². The molecule has 0 saturated carbocycles. The van der Waals surface area contributed by atoms with Crippen LogP contribution in [-0.2, 0) is 0 Å². The number of benzene rings is 1. The molecule has 0 aliphatic carbocycles. The van der Waals surface area contributed by atoms with Crippen LogP contribution in [0.15, 0.2) is 47.1 Å². The number of aromatic nitrogens is 4. The molecule has 0 spiro atoms. The van der Waals surface area contributed by atoms with Gasteiger partial charge >= 0.3 is 0 Å². The maximum atomic E-state index is 13.0. The zero-order valence-corrected chi connectivity index (χ0v) is 16.0. The molecule has 0 bridgehead atoms. The van der Waals surface area contributed by atoms with Gasteiger partial charge in [-0.2, -0.15) is 0 Å². The van der Waals surface area contributed by atoms with E-state index in [0.29, 0.717) is 34.5 Å². The summed E-state index contributed by atoms with van der Waals surface area (Å²) in [6.45, 7) is 5.63. The van der Waals surface area contributed by atoms with Gasteiger partial charge in [-0.25, -0.2) is 9.97 Å². The van der Waals surface area contributed by atoms with Gasteiger partial charge in [0.05, 0.1) is 34.6 Å². The molecule has 2 N–H and O–H groups in total. The lowest BCUT2D eigenvalue weighted by Gasteiger charge is -2.15. The van der Waals surface area contributed by atoms with Crippen molar-refractivity contribution in [3.8, 4) is 11.3 Å². The molecular formula is C21H21N5O2. The summed E-state index contributed by atoms with van der Waals surface area (Å²) in [5.74, 6) is 0.519. The lowest BCUT2D eigenvalue weighted by Crippen LogP contribution is -2.29. The van der Waals surface area contributed by atoms with Crippen LogP contribution < -0.4 is 5.32 Å². The molecule has 1 aromatic carbocycles. The van der Waals surface area contributed by atoms with Gasteiger partial charge in [0.15, 0.2) is 0 Å². The molecule has 0 saturated heterocycles. The van der Waals surface area contributed by atoms with Crippen molar-refractivity contribution in [2.24, 2.45) is 0 Å². The average molecular weight is 375 g/mol. The van der Waals surface area contributed by atoms with Crippen LogP contribution in [0.5, 0.6) is 0 Å². The summed E-state index contributed by atoms with van der Waals surface area (Å²) in [7, 11) is 0. The summed E-state index contributed by atoms with van der Waals surface area (Å²) in [6.07, 6.45) is 2.49. The summed E-state index contributed by atoms with van der Waals surface area (Å²) in [5, 5.41) is 7.65. The van der Waals surface area contributed by atoms with Crippen LogP contribution in [0.25, 0.3) is 22.4 Å². The highest BCUT2D eigenvalue weighted by molar-refractivity contribution is 6.06. The van der Waals surface area contributed by atoms with Crippen molar-refractivity contribution < 1.29 is 9.32 Å². The molecule has 1 atom stereocenters. The number of aryl methyl sites for hydroxylation is 2. The molecule has 3 heterocycles. The molecule has 142 valence electrons. The number of aromatic amines is 1. The third-order valence-electron chi connectivity index (χ3n) is 4.71. The van der Waals surface area contributed by atoms with Crippen LogP contribution >= 0.6 is 0 Å². The van der Waals surface area contributed by atoms with Crippen LogP contribution in [0.3, 0.4) is 0 Å². The SMILES string of the molecule is CCC(NC(=O)c1cc(C)nc2onc(C)c12)c1ncc(-c2ccccc2)[nH]1. The van der Waals surface area contributed by atoms with Crippen molar-refractivity contribution >= 4 is 17.0 Å². The number of imidazole rings is 1. The molecule has 1 amide bonds. The number of nitrogens with one attached hydrogen (secondary N) is 2. The van der Waals surface area contributed by atoms with E-state index in [4.69, 9.17) is 4.52 Å². The third-order valence-corrected chi connectivity index (χ3v) is 4.71. The Morgan fingerprint density at radius 1 is 1.25 bits per heavy atom. The molecular weight excluding hydrogens is 354 g/mol. The van der Waals surface area contributed by atoms with E-state index < -0.39 is 0 Å². The summed E-state index contributed by atoms with van der Waals surface area (Å²) in [4.78, 5) is 25.1. The molecule has 0 aliphatic rings. The summed E-state index contributed by atoms with van der Waals surface area (Å²) < 4.78 is 5.23. The predicted molar refractivity (Wildman–Crippen MR) is 106 cm³/mol. The Morgan fingerprint density at radius 3 is 2.79 bits per heavy atom. The van der Waals surface area contributed by atoms with E-state index in [-0.39, 0.29) is 11.9 Å². The summed E-state index contributed by atoms with van der Waals surface area (Å²) in [6, 6.07) is 11.5. The maximum absolute atomic E-state index is 13.0. The number of carbonyl (C=O) groups excluding carboxylic acids is 1. The van der Waals surface area contributed by atoms with Crippen LogP contribution in [0.1, 0.15) is 47.0 Å². The summed E-state index contributed by atoms with van der Waals surface area (Å²) in [5.41, 5.74) is 4.19. The lowest BCUT2D eigenvalue weighted by molar-refractivity contribution is 0.0935. The van der Waals surface area contributed by atoms with E-state index in [0.717, 1.165) is 17.1 Å². The van der Waals surface area contributed by atoms with Gasteiger partial charge in [0.2, 0.25) is 0 Å². The van der Waals surface area contributed by atoms with Crippen LogP contribution in [0, 0.1) is 13.8 Å². The second kappa shape index (κ2) is 7.26. The van der Waals surface area contributed by atoms with Crippen molar-refractivity contribution in [1.29, 1.82) is 0 Å². The first-order valence-electron chi connectivity index (χ1n) is 9.21. The largest absolute Gasteiger partial charge is 0.342 e. The first-order valence-corrected chi connectivity index (χ1v) is 9.21. The second-order valence-corrected chi connectivity index (χ2v) is 6.74. The van der Waals surface area contributed by atoms with E-state index in [1.54, 1.807) is 19.2 Å². The molecule has 28 heavy (non-hydrogen) atoms. The number of nitrogens with zero attached hydrogens (tertiary/aromatic N) is 3. The highest BCUT2D eigenvalue weighted by Crippen LogP contribution is 2.24. The zero-order chi connectivity index (χ0) is 19.7. The number of hydrogen-bond donors (Lipinski definition) is 2. The van der Waals surface area contributed by atoms with E-state index in [1.807, 2.05) is 44.2 Å². The van der Waals surface area contributed by atoms with Gasteiger partial charge in [0.1, 0.15) is 5.82 Å². The van der Waals surface area contributed by atoms with Gasteiger partial charge in [0, 0.05) is 5.69 Å². The first-order chi connectivity index (χ1) is 13.6. The van der Waals surface area contributed by atoms with E-state index in [9.17, 15) is 4.79 Å². The smallest absolute Gasteiger partial charge is 0.258 e. The Balaban J connectivity index is 1.62. The van der Waals surface area contributed by atoms with E-state index >= 15 is 0 Å². The normalized spacial score (nSPS) is 12.2. The number of hydrogen-bond acceptors (Lipinski definition) is 5. The Labute approximate surface area is 162 Å². The number of pyridine rings is 1. The zero-order valence-electron chi connectivity index (χ0n) is 16.0. The second-order valence-electron chi connectivity index (χ2n) is 6.74. The molecule has 7 nitrogen and oxygen atoms in total. The molecule has 1 unspecified atom stereocenters. The fourth-order valence-electron chi connectivity index (χ4n) is 3.27. The third kappa shape index (κ3) is 3.26. The number of H-pyrrole nitrogens is 1. The first kappa shape index (κ1) is 17.9. The molecule has 7 heteroatoms. The molecule has 0 radical (unpaired) electrons. The summed E-state index contributed by atoms with van der Waals surface area (Å²) >= 11 is 0. The van der Waals surface area contributed by atoms with Gasteiger partial charge in [-0.05, 0) is 31.9 Å². The van der Waals surface area contributed by atoms with Crippen LogP contribution in [-0.4, -0.2) is 26.0 Å². The quantitative estimate of drug-likeness (QED) is 0.547. The van der Waals surface area contributed by atoms with Gasteiger partial charge < -0.3 is 14.8 Å². The fourth-order valence-corrected chi connectivity index (χ4v) is 3.27. The molecule has 4 aromatic rings. The number of rotatable bonds is 5. The van der Waals surface area contributed by atoms with Gasteiger partial charge in [-0.3, -0.25) is 4.79 Å². The van der Waals surface area contributed by atoms with Crippen molar-refractivity contribution in [2.75, 3.05) is 0 Å². The maximum Gasteiger partial charge on any atom is 0.258 e. The van der Waals surface area contributed by atoms with Gasteiger partial charge in [-0.1, -0.05) is 42.4 Å². The Bertz CT molecular complexity index is 1130. The molecule has 3 aromatic heterocycles. The number of fused-ring (bicyclic) bond motifs is 1. The Kier molecular flexibility index (Phi) is 4.65. The minimum atomic E-state index is -0.242. The highest BCUT2D eigenvalue weighted by atomic mass is 16.5. The van der Waals surface area contributed by atoms with E-state index in [1.165, 1.54) is 0 Å². The van der Waals surface area contributed by atoms with Gasteiger partial charge in [-0.15, -0.1) is 0 Å². The van der Waals surface area contributed by atoms with Crippen LogP contribution in [0.2, 0.25) is 0 Å². The average Bonchev–Trinajstić information content (AvgIpc) is 3.33. The topological polar surface area (TPSA) is 96.7 Å². The molecule has 0 aliphatic heterocycles. The van der Waals surface area contributed by atoms with E-state index in [2.05, 4.69) is 25.4 Å². The number of carbonyl (C=O) groups is 1. The monoisotopic (exact) mass is 375 g/mol.